The number of nitrogens with one attached hydrogen (secondary N) is 1. The van der Waals surface area contributed by atoms with E-state index in [-0.39, 0.29) is 5.54 Å². The van der Waals surface area contributed by atoms with Crippen molar-refractivity contribution < 1.29 is 0 Å². The van der Waals surface area contributed by atoms with Crippen LogP contribution in [0, 0.1) is 11.8 Å². The predicted molar refractivity (Wildman–Crippen MR) is 88.6 cm³/mol. The van der Waals surface area contributed by atoms with Crippen molar-refractivity contribution >= 4 is 16.5 Å². The predicted octanol–water partition coefficient (Wildman–Crippen LogP) is 3.69. The van der Waals surface area contributed by atoms with Crippen LogP contribution in [0.3, 0.4) is 0 Å². The lowest BCUT2D eigenvalue weighted by molar-refractivity contribution is 0.425. The Morgan fingerprint density at radius 2 is 2.05 bits per heavy atom. The first-order chi connectivity index (χ1) is 9.30. The minimum atomic E-state index is 0.157. The van der Waals surface area contributed by atoms with Gasteiger partial charge in [-0.15, -0.1) is 11.3 Å². The highest BCUT2D eigenvalue weighted by atomic mass is 32.1. The Hall–Kier alpha value is -0.610. The maximum atomic E-state index is 4.84. The fourth-order valence-corrected chi connectivity index (χ4v) is 3.43. The number of rotatable bonds is 6. The lowest BCUT2D eigenvalue weighted by Gasteiger charge is -2.20. The minimum absolute atomic E-state index is 0.157. The van der Waals surface area contributed by atoms with E-state index in [1.165, 1.54) is 22.1 Å². The van der Waals surface area contributed by atoms with Crippen molar-refractivity contribution in [3.05, 3.63) is 10.6 Å². The molecular formula is C16H29N3S. The highest BCUT2D eigenvalue weighted by Gasteiger charge is 2.33. The van der Waals surface area contributed by atoms with E-state index in [1.807, 2.05) is 11.3 Å². The van der Waals surface area contributed by atoms with Crippen molar-refractivity contribution in [3.8, 4) is 0 Å². The molecule has 0 bridgehead atoms. The monoisotopic (exact) mass is 295 g/mol. The average molecular weight is 295 g/mol. The summed E-state index contributed by atoms with van der Waals surface area (Å²) in [5.41, 5.74) is 1.42. The molecule has 1 aromatic heterocycles. The first-order valence-corrected chi connectivity index (χ1v) is 8.56. The number of hydrogen-bond donors (Lipinski definition) is 1. The molecule has 2 rings (SSSR count). The van der Waals surface area contributed by atoms with Crippen molar-refractivity contribution in [2.24, 2.45) is 11.8 Å². The van der Waals surface area contributed by atoms with Gasteiger partial charge in [-0.05, 0) is 45.4 Å². The second kappa shape index (κ2) is 6.02. The highest BCUT2D eigenvalue weighted by Crippen LogP contribution is 2.39. The third-order valence-corrected chi connectivity index (χ3v) is 5.20. The fourth-order valence-electron chi connectivity index (χ4n) is 2.38. The van der Waals surface area contributed by atoms with Gasteiger partial charge in [0, 0.05) is 30.6 Å². The molecule has 0 aromatic carbocycles. The van der Waals surface area contributed by atoms with Crippen LogP contribution in [0.1, 0.15) is 51.6 Å². The van der Waals surface area contributed by atoms with Gasteiger partial charge >= 0.3 is 0 Å². The standard InChI is InChI=1S/C16H29N3S/c1-7-13-14(9-17-16(3,4)5)20-15(18-13)19(6)10-12-8-11(12)2/h11-12,17H,7-10H2,1-6H3. The molecule has 114 valence electrons. The van der Waals surface area contributed by atoms with Crippen molar-refractivity contribution in [2.75, 3.05) is 18.5 Å². The van der Waals surface area contributed by atoms with Crippen LogP contribution in [-0.4, -0.2) is 24.1 Å². The molecule has 1 fully saturated rings. The molecule has 1 aromatic rings. The van der Waals surface area contributed by atoms with Gasteiger partial charge in [-0.25, -0.2) is 4.98 Å². The quantitative estimate of drug-likeness (QED) is 0.867. The van der Waals surface area contributed by atoms with E-state index in [0.717, 1.165) is 31.3 Å². The Labute approximate surface area is 127 Å². The maximum absolute atomic E-state index is 4.84. The topological polar surface area (TPSA) is 28.2 Å². The molecule has 1 saturated carbocycles. The van der Waals surface area contributed by atoms with Gasteiger partial charge in [-0.2, -0.15) is 0 Å². The maximum Gasteiger partial charge on any atom is 0.185 e. The summed E-state index contributed by atoms with van der Waals surface area (Å²) in [6.07, 6.45) is 2.40. The molecule has 1 N–H and O–H groups in total. The summed E-state index contributed by atoms with van der Waals surface area (Å²) < 4.78 is 0. The average Bonchev–Trinajstić information content (AvgIpc) is 2.91. The summed E-state index contributed by atoms with van der Waals surface area (Å²) in [6.45, 7) is 13.3. The van der Waals surface area contributed by atoms with E-state index >= 15 is 0 Å². The molecule has 2 unspecified atom stereocenters. The van der Waals surface area contributed by atoms with Crippen LogP contribution in [0.5, 0.6) is 0 Å². The van der Waals surface area contributed by atoms with Gasteiger partial charge in [0.05, 0.1) is 5.69 Å². The third kappa shape index (κ3) is 4.19. The molecule has 1 heterocycles. The zero-order valence-corrected chi connectivity index (χ0v) is 14.6. The van der Waals surface area contributed by atoms with E-state index in [2.05, 4.69) is 51.9 Å². The van der Waals surface area contributed by atoms with Gasteiger partial charge in [0.1, 0.15) is 0 Å². The van der Waals surface area contributed by atoms with Crippen LogP contribution >= 0.6 is 11.3 Å². The molecule has 20 heavy (non-hydrogen) atoms. The molecule has 4 heteroatoms. The highest BCUT2D eigenvalue weighted by molar-refractivity contribution is 7.15. The van der Waals surface area contributed by atoms with Crippen molar-refractivity contribution in [1.29, 1.82) is 0 Å². The Bertz CT molecular complexity index is 447. The summed E-state index contributed by atoms with van der Waals surface area (Å²) in [4.78, 5) is 8.58. The Morgan fingerprint density at radius 1 is 1.40 bits per heavy atom. The molecule has 0 radical (unpaired) electrons. The Balaban J connectivity index is 2.01. The van der Waals surface area contributed by atoms with Crippen molar-refractivity contribution in [1.82, 2.24) is 10.3 Å². The van der Waals surface area contributed by atoms with Crippen LogP contribution in [0.15, 0.2) is 0 Å². The number of nitrogens with zero attached hydrogens (tertiary/aromatic N) is 2. The largest absolute Gasteiger partial charge is 0.351 e. The van der Waals surface area contributed by atoms with Crippen molar-refractivity contribution in [3.63, 3.8) is 0 Å². The number of aryl methyl sites for hydroxylation is 1. The first-order valence-electron chi connectivity index (χ1n) is 7.75. The van der Waals surface area contributed by atoms with Gasteiger partial charge in [-0.3, -0.25) is 0 Å². The van der Waals surface area contributed by atoms with Crippen LogP contribution in [-0.2, 0) is 13.0 Å². The van der Waals surface area contributed by atoms with Gasteiger partial charge in [0.2, 0.25) is 0 Å². The zero-order valence-electron chi connectivity index (χ0n) is 13.8. The molecular weight excluding hydrogens is 266 g/mol. The summed E-state index contributed by atoms with van der Waals surface area (Å²) in [6, 6.07) is 0. The lowest BCUT2D eigenvalue weighted by atomic mass is 10.1. The first kappa shape index (κ1) is 15.8. The van der Waals surface area contributed by atoms with Gasteiger partial charge in [0.25, 0.3) is 0 Å². The van der Waals surface area contributed by atoms with E-state index in [0.29, 0.717) is 0 Å². The van der Waals surface area contributed by atoms with Gasteiger partial charge < -0.3 is 10.2 Å². The minimum Gasteiger partial charge on any atom is -0.351 e. The molecule has 0 saturated heterocycles. The number of aromatic nitrogens is 1. The number of hydrogen-bond acceptors (Lipinski definition) is 4. The smallest absolute Gasteiger partial charge is 0.185 e. The lowest BCUT2D eigenvalue weighted by Crippen LogP contribution is -2.35. The normalized spacial score (nSPS) is 22.1. The third-order valence-electron chi connectivity index (χ3n) is 3.99. The van der Waals surface area contributed by atoms with E-state index in [4.69, 9.17) is 4.98 Å². The number of thiazole rings is 1. The molecule has 0 amide bonds. The van der Waals surface area contributed by atoms with Crippen LogP contribution < -0.4 is 10.2 Å². The number of anilines is 1. The second-order valence-corrected chi connectivity index (χ2v) is 8.24. The summed E-state index contributed by atoms with van der Waals surface area (Å²) in [5, 5.41) is 4.76. The Kier molecular flexibility index (Phi) is 4.75. The van der Waals surface area contributed by atoms with Gasteiger partial charge in [0.15, 0.2) is 5.13 Å². The molecule has 0 spiro atoms. The molecule has 0 aliphatic heterocycles. The van der Waals surface area contributed by atoms with Crippen LogP contribution in [0.4, 0.5) is 5.13 Å². The molecule has 1 aliphatic rings. The van der Waals surface area contributed by atoms with Crippen molar-refractivity contribution in [2.45, 2.75) is 59.5 Å². The summed E-state index contributed by atoms with van der Waals surface area (Å²) >= 11 is 1.86. The second-order valence-electron chi connectivity index (χ2n) is 7.18. The molecule has 1 aliphatic carbocycles. The SMILES string of the molecule is CCc1nc(N(C)CC2CC2C)sc1CNC(C)(C)C. The van der Waals surface area contributed by atoms with Gasteiger partial charge in [-0.1, -0.05) is 13.8 Å². The van der Waals surface area contributed by atoms with E-state index in [1.54, 1.807) is 0 Å². The summed E-state index contributed by atoms with van der Waals surface area (Å²) in [5.74, 6) is 1.79. The Morgan fingerprint density at radius 3 is 2.55 bits per heavy atom. The summed E-state index contributed by atoms with van der Waals surface area (Å²) in [7, 11) is 2.18. The van der Waals surface area contributed by atoms with Crippen LogP contribution in [0.2, 0.25) is 0 Å². The fraction of sp³-hybridized carbons (Fsp3) is 0.812. The van der Waals surface area contributed by atoms with Crippen LogP contribution in [0.25, 0.3) is 0 Å². The van der Waals surface area contributed by atoms with E-state index in [9.17, 15) is 0 Å². The zero-order chi connectivity index (χ0) is 14.9. The molecule has 2 atom stereocenters. The molecule has 3 nitrogen and oxygen atoms in total. The van der Waals surface area contributed by atoms with E-state index < -0.39 is 0 Å².